The summed E-state index contributed by atoms with van der Waals surface area (Å²) in [5.41, 5.74) is 0. The van der Waals surface area contributed by atoms with Crippen molar-refractivity contribution in [1.29, 1.82) is 0 Å². The number of rotatable bonds is 3. The van der Waals surface area contributed by atoms with Crippen LogP contribution in [0.4, 0.5) is 5.13 Å². The molecule has 3 saturated heterocycles. The molecular formula is C14H23N5O2S2. The van der Waals surface area contributed by atoms with Gasteiger partial charge in [0.1, 0.15) is 0 Å². The predicted molar refractivity (Wildman–Crippen MR) is 90.6 cm³/mol. The fourth-order valence-electron chi connectivity index (χ4n) is 3.69. The summed E-state index contributed by atoms with van der Waals surface area (Å²) in [6.07, 6.45) is 4.06. The summed E-state index contributed by atoms with van der Waals surface area (Å²) in [5, 5.41) is 4.04. The number of fused-ring (bicyclic) bond motifs is 1. The third-order valence-electron chi connectivity index (χ3n) is 5.00. The Labute approximate surface area is 141 Å². The number of sulfonamides is 1. The zero-order valence-electron chi connectivity index (χ0n) is 13.1. The number of nitrogens with one attached hydrogen (secondary N) is 1. The van der Waals surface area contributed by atoms with E-state index in [0.29, 0.717) is 36.4 Å². The molecule has 3 aliphatic heterocycles. The van der Waals surface area contributed by atoms with E-state index in [1.54, 1.807) is 10.5 Å². The van der Waals surface area contributed by atoms with E-state index in [4.69, 9.17) is 0 Å². The molecule has 4 rings (SSSR count). The van der Waals surface area contributed by atoms with Crippen molar-refractivity contribution in [3.05, 3.63) is 6.20 Å². The third-order valence-corrected chi connectivity index (χ3v) is 8.39. The Hall–Kier alpha value is -0.740. The molecule has 1 N–H and O–H groups in total. The number of piperazine rings is 2. The molecule has 1 aromatic heterocycles. The van der Waals surface area contributed by atoms with Gasteiger partial charge in [-0.25, -0.2) is 13.4 Å². The second-order valence-corrected chi connectivity index (χ2v) is 9.57. The molecule has 0 amide bonds. The summed E-state index contributed by atoms with van der Waals surface area (Å²) in [6, 6.07) is 0.612. The van der Waals surface area contributed by atoms with Gasteiger partial charge in [0, 0.05) is 51.9 Å². The molecule has 0 aromatic carbocycles. The van der Waals surface area contributed by atoms with Crippen molar-refractivity contribution >= 4 is 26.5 Å². The van der Waals surface area contributed by atoms with Crippen molar-refractivity contribution in [3.63, 3.8) is 0 Å². The van der Waals surface area contributed by atoms with E-state index in [0.717, 1.165) is 24.8 Å². The van der Waals surface area contributed by atoms with Crippen LogP contribution in [-0.2, 0) is 10.0 Å². The lowest BCUT2D eigenvalue weighted by Gasteiger charge is -2.37. The van der Waals surface area contributed by atoms with Crippen molar-refractivity contribution in [1.82, 2.24) is 19.5 Å². The highest BCUT2D eigenvalue weighted by molar-refractivity contribution is 7.91. The van der Waals surface area contributed by atoms with E-state index in [9.17, 15) is 8.42 Å². The minimum atomic E-state index is -3.39. The summed E-state index contributed by atoms with van der Waals surface area (Å²) in [4.78, 5) is 9.22. The number of aromatic nitrogens is 1. The molecule has 0 radical (unpaired) electrons. The Bertz CT molecular complexity index is 656. The van der Waals surface area contributed by atoms with Crippen LogP contribution in [0.15, 0.2) is 10.4 Å². The van der Waals surface area contributed by atoms with Crippen molar-refractivity contribution in [2.45, 2.75) is 23.1 Å². The topological polar surface area (TPSA) is 68.8 Å². The summed E-state index contributed by atoms with van der Waals surface area (Å²) in [7, 11) is -3.39. The molecular weight excluding hydrogens is 334 g/mol. The lowest BCUT2D eigenvalue weighted by Crippen LogP contribution is -2.50. The molecule has 7 nitrogen and oxygen atoms in total. The molecule has 1 aromatic rings. The first kappa shape index (κ1) is 15.8. The molecule has 9 heteroatoms. The molecule has 4 heterocycles. The Kier molecular flexibility index (Phi) is 4.31. The monoisotopic (exact) mass is 357 g/mol. The SMILES string of the molecule is O=S(=O)(c1cnc(N2CCN3CCCC3C2)s1)N1CCNCC1. The Balaban J connectivity index is 1.50. The highest BCUT2D eigenvalue weighted by Gasteiger charge is 2.33. The molecule has 3 fully saturated rings. The van der Waals surface area contributed by atoms with Crippen LogP contribution in [0.1, 0.15) is 12.8 Å². The molecule has 0 aliphatic carbocycles. The third kappa shape index (κ3) is 3.00. The molecule has 1 unspecified atom stereocenters. The number of hydrogen-bond donors (Lipinski definition) is 1. The summed E-state index contributed by atoms with van der Waals surface area (Å²) in [6.45, 7) is 6.69. The number of nitrogens with zero attached hydrogens (tertiary/aromatic N) is 4. The second kappa shape index (κ2) is 6.29. The summed E-state index contributed by atoms with van der Waals surface area (Å²) < 4.78 is 27.4. The van der Waals surface area contributed by atoms with Crippen molar-refractivity contribution in [2.75, 3.05) is 57.3 Å². The van der Waals surface area contributed by atoms with E-state index in [2.05, 4.69) is 20.1 Å². The Morgan fingerprint density at radius 3 is 2.83 bits per heavy atom. The standard InChI is InChI=1S/C14H23N5O2S2/c20-23(21,19-6-3-15-4-7-19)13-10-16-14(22-13)18-9-8-17-5-1-2-12(17)11-18/h10,12,15H,1-9,11H2. The van der Waals surface area contributed by atoms with Crippen LogP contribution in [0.25, 0.3) is 0 Å². The van der Waals surface area contributed by atoms with Crippen molar-refractivity contribution < 1.29 is 8.42 Å². The second-order valence-electron chi connectivity index (χ2n) is 6.39. The normalized spacial score (nSPS) is 27.3. The maximum Gasteiger partial charge on any atom is 0.254 e. The maximum absolute atomic E-state index is 12.7. The average molecular weight is 358 g/mol. The largest absolute Gasteiger partial charge is 0.345 e. The van der Waals surface area contributed by atoms with Crippen LogP contribution in [0, 0.1) is 0 Å². The lowest BCUT2D eigenvalue weighted by atomic mass is 10.2. The maximum atomic E-state index is 12.7. The van der Waals surface area contributed by atoms with Gasteiger partial charge in [-0.15, -0.1) is 0 Å². The van der Waals surface area contributed by atoms with Gasteiger partial charge in [0.15, 0.2) is 9.34 Å². The number of anilines is 1. The Morgan fingerprint density at radius 2 is 2.00 bits per heavy atom. The predicted octanol–water partition coefficient (Wildman–Crippen LogP) is 0.0214. The van der Waals surface area contributed by atoms with Gasteiger partial charge in [-0.3, -0.25) is 4.90 Å². The zero-order chi connectivity index (χ0) is 15.9. The molecule has 23 heavy (non-hydrogen) atoms. The van der Waals surface area contributed by atoms with E-state index in [1.807, 2.05) is 0 Å². The Morgan fingerprint density at radius 1 is 1.17 bits per heavy atom. The zero-order valence-corrected chi connectivity index (χ0v) is 14.8. The number of thiazole rings is 1. The van der Waals surface area contributed by atoms with Crippen molar-refractivity contribution in [3.8, 4) is 0 Å². The molecule has 1 atom stereocenters. The van der Waals surface area contributed by atoms with Gasteiger partial charge >= 0.3 is 0 Å². The summed E-state index contributed by atoms with van der Waals surface area (Å²) >= 11 is 1.32. The van der Waals surface area contributed by atoms with E-state index < -0.39 is 10.0 Å². The first-order valence-electron chi connectivity index (χ1n) is 8.30. The molecule has 3 aliphatic rings. The van der Waals surface area contributed by atoms with Crippen LogP contribution >= 0.6 is 11.3 Å². The minimum Gasteiger partial charge on any atom is -0.345 e. The van der Waals surface area contributed by atoms with Gasteiger partial charge in [-0.2, -0.15) is 4.31 Å². The first-order chi connectivity index (χ1) is 11.1. The van der Waals surface area contributed by atoms with Crippen LogP contribution in [0.2, 0.25) is 0 Å². The highest BCUT2D eigenvalue weighted by atomic mass is 32.2. The molecule has 0 spiro atoms. The smallest absolute Gasteiger partial charge is 0.254 e. The first-order valence-corrected chi connectivity index (χ1v) is 10.6. The van der Waals surface area contributed by atoms with Gasteiger partial charge in [0.25, 0.3) is 10.0 Å². The van der Waals surface area contributed by atoms with Crippen molar-refractivity contribution in [2.24, 2.45) is 0 Å². The van der Waals surface area contributed by atoms with E-state index >= 15 is 0 Å². The van der Waals surface area contributed by atoms with Gasteiger partial charge in [-0.05, 0) is 19.4 Å². The van der Waals surface area contributed by atoms with E-state index in [-0.39, 0.29) is 0 Å². The quantitative estimate of drug-likeness (QED) is 0.823. The lowest BCUT2D eigenvalue weighted by molar-refractivity contribution is 0.231. The molecule has 128 valence electrons. The van der Waals surface area contributed by atoms with Gasteiger partial charge in [-0.1, -0.05) is 11.3 Å². The van der Waals surface area contributed by atoms with Gasteiger partial charge < -0.3 is 10.2 Å². The van der Waals surface area contributed by atoms with Crippen LogP contribution in [-0.4, -0.2) is 81.0 Å². The highest BCUT2D eigenvalue weighted by Crippen LogP contribution is 2.31. The molecule has 0 saturated carbocycles. The fourth-order valence-corrected chi connectivity index (χ4v) is 6.44. The van der Waals surface area contributed by atoms with Crippen LogP contribution in [0.3, 0.4) is 0 Å². The average Bonchev–Trinajstić information content (AvgIpc) is 3.24. The van der Waals surface area contributed by atoms with Gasteiger partial charge in [0.05, 0.1) is 6.20 Å². The fraction of sp³-hybridized carbons (Fsp3) is 0.786. The van der Waals surface area contributed by atoms with Crippen LogP contribution in [0.5, 0.6) is 0 Å². The van der Waals surface area contributed by atoms with Crippen LogP contribution < -0.4 is 10.2 Å². The summed E-state index contributed by atoms with van der Waals surface area (Å²) in [5.74, 6) is 0. The van der Waals surface area contributed by atoms with Gasteiger partial charge in [0.2, 0.25) is 0 Å². The minimum absolute atomic E-state index is 0.378. The number of hydrogen-bond acceptors (Lipinski definition) is 7. The molecule has 0 bridgehead atoms. The van der Waals surface area contributed by atoms with E-state index in [1.165, 1.54) is 30.7 Å².